The predicted molar refractivity (Wildman–Crippen MR) is 279 cm³/mol. The third-order valence-electron chi connectivity index (χ3n) is 14.4. The molecule has 10 aromatic rings. The highest BCUT2D eigenvalue weighted by molar-refractivity contribution is 8.03. The molecule has 0 unspecified atom stereocenters. The van der Waals surface area contributed by atoms with Crippen molar-refractivity contribution in [3.05, 3.63) is 215 Å². The van der Waals surface area contributed by atoms with Gasteiger partial charge in [-0.1, -0.05) is 171 Å². The SMILES string of the molecule is CC1(C)c2cc(/C=C/c3ccc4c5cccc6c(N7c8ccccc8Sc8ccccc87)ccc(c7cccc3c47)c65)ccc2-c2ccc(N3C4=C(CCC=C4)Sc4ccccc43)cc21. The number of allylic oxidation sites excluding steroid dienone is 3. The molecule has 308 valence electrons. The summed E-state index contributed by atoms with van der Waals surface area (Å²) in [6.45, 7) is 4.80. The normalized spacial score (nSPS) is 15.8. The molecule has 0 saturated heterocycles. The molecule has 14 rings (SSSR count). The molecule has 0 saturated carbocycles. The smallest absolute Gasteiger partial charge is 0.0601 e. The number of thioether (sulfide) groups is 1. The van der Waals surface area contributed by atoms with E-state index in [-0.39, 0.29) is 5.41 Å². The second-order valence-electron chi connectivity index (χ2n) is 18.3. The van der Waals surface area contributed by atoms with Crippen molar-refractivity contribution in [2.45, 2.75) is 46.8 Å². The van der Waals surface area contributed by atoms with Crippen molar-refractivity contribution in [2.75, 3.05) is 9.80 Å². The lowest BCUT2D eigenvalue weighted by Gasteiger charge is -2.36. The fourth-order valence-corrected chi connectivity index (χ4v) is 13.6. The molecule has 2 aliphatic carbocycles. The van der Waals surface area contributed by atoms with E-state index in [0.29, 0.717) is 0 Å². The maximum atomic E-state index is 2.49. The number of para-hydroxylation sites is 3. The van der Waals surface area contributed by atoms with Crippen LogP contribution in [0.1, 0.15) is 48.9 Å². The summed E-state index contributed by atoms with van der Waals surface area (Å²) in [6, 6.07) is 63.9. The number of rotatable bonds is 4. The summed E-state index contributed by atoms with van der Waals surface area (Å²) in [7, 11) is 0. The van der Waals surface area contributed by atoms with Gasteiger partial charge >= 0.3 is 0 Å². The van der Waals surface area contributed by atoms with Crippen LogP contribution in [0.3, 0.4) is 0 Å². The first-order valence-corrected chi connectivity index (χ1v) is 24.4. The van der Waals surface area contributed by atoms with Crippen molar-refractivity contribution in [1.29, 1.82) is 0 Å². The van der Waals surface area contributed by atoms with E-state index in [2.05, 4.69) is 218 Å². The molecule has 0 atom stereocenters. The lowest BCUT2D eigenvalue weighted by Crippen LogP contribution is -2.22. The Morgan fingerprint density at radius 3 is 1.80 bits per heavy atom. The topological polar surface area (TPSA) is 6.48 Å². The zero-order valence-electron chi connectivity index (χ0n) is 36.1. The van der Waals surface area contributed by atoms with Gasteiger partial charge in [-0.3, -0.25) is 0 Å². The van der Waals surface area contributed by atoms with E-state index < -0.39 is 0 Å². The highest BCUT2D eigenvalue weighted by Gasteiger charge is 2.37. The molecule has 0 N–H and O–H groups in total. The molecule has 0 bridgehead atoms. The average molecular weight is 867 g/mol. The van der Waals surface area contributed by atoms with Crippen molar-refractivity contribution in [1.82, 2.24) is 0 Å². The van der Waals surface area contributed by atoms with Crippen molar-refractivity contribution in [2.24, 2.45) is 0 Å². The molecule has 2 aliphatic heterocycles. The first-order chi connectivity index (χ1) is 32.0. The Labute approximate surface area is 387 Å². The van der Waals surface area contributed by atoms with Crippen molar-refractivity contribution >= 4 is 107 Å². The zero-order chi connectivity index (χ0) is 43.0. The van der Waals surface area contributed by atoms with Crippen LogP contribution in [0.15, 0.2) is 207 Å². The van der Waals surface area contributed by atoms with Crippen molar-refractivity contribution in [3.8, 4) is 11.1 Å². The molecule has 0 spiro atoms. The van der Waals surface area contributed by atoms with Gasteiger partial charge in [-0.2, -0.15) is 0 Å². The quantitative estimate of drug-likeness (QED) is 0.0987. The number of anilines is 5. The molecule has 0 fully saturated rings. The first kappa shape index (κ1) is 37.4. The van der Waals surface area contributed by atoms with E-state index in [4.69, 9.17) is 0 Å². The van der Waals surface area contributed by atoms with Gasteiger partial charge in [0.15, 0.2) is 0 Å². The second-order valence-corrected chi connectivity index (χ2v) is 20.5. The van der Waals surface area contributed by atoms with Gasteiger partial charge in [0.1, 0.15) is 0 Å². The van der Waals surface area contributed by atoms with E-state index in [1.165, 1.54) is 130 Å². The molecule has 0 radical (unpaired) electrons. The largest absolute Gasteiger partial charge is 0.309 e. The number of hydrogen-bond acceptors (Lipinski definition) is 4. The number of fused-ring (bicyclic) bond motifs is 8. The van der Waals surface area contributed by atoms with Crippen LogP contribution in [-0.4, -0.2) is 0 Å². The highest BCUT2D eigenvalue weighted by atomic mass is 32.2. The Kier molecular flexibility index (Phi) is 8.06. The molecule has 0 amide bonds. The van der Waals surface area contributed by atoms with Crippen LogP contribution in [0.25, 0.3) is 66.4 Å². The first-order valence-electron chi connectivity index (χ1n) is 22.7. The van der Waals surface area contributed by atoms with Gasteiger partial charge in [-0.05, 0) is 145 Å². The van der Waals surface area contributed by atoms with Crippen LogP contribution in [0.4, 0.5) is 28.4 Å². The van der Waals surface area contributed by atoms with Gasteiger partial charge < -0.3 is 9.80 Å². The second kappa shape index (κ2) is 14.0. The van der Waals surface area contributed by atoms with E-state index in [0.717, 1.165) is 12.8 Å². The molecule has 2 heterocycles. The van der Waals surface area contributed by atoms with Crippen LogP contribution >= 0.6 is 23.5 Å². The maximum absolute atomic E-state index is 2.49. The molecule has 4 aliphatic rings. The Morgan fingerprint density at radius 2 is 1.06 bits per heavy atom. The van der Waals surface area contributed by atoms with Crippen LogP contribution < -0.4 is 9.80 Å². The minimum Gasteiger partial charge on any atom is -0.309 e. The number of benzene rings is 10. The molecular formula is C61H42N2S2. The standard InChI is InChI=1S/C61H42N2S2/c1-61(2)48-35-37(26-30-41(48)42-32-29-39(36-49(42)61)62-51-17-3-7-21-55(51)64-56-22-8-4-18-52(56)62)25-27-38-28-31-45-44-15-12-16-47-50(34-33-46(60(44)47)43-14-11-13-40(38)59(43)45)63-53-19-5-9-23-57(53)65-58-24-10-6-20-54(58)63/h3-7,9-21,23-36H,8,22H2,1-2H3/b27-25+. The van der Waals surface area contributed by atoms with Gasteiger partial charge in [0.05, 0.1) is 28.4 Å². The maximum Gasteiger partial charge on any atom is 0.0601 e. The third kappa shape index (κ3) is 5.45. The monoisotopic (exact) mass is 866 g/mol. The molecule has 4 heteroatoms. The predicted octanol–water partition coefficient (Wildman–Crippen LogP) is 18.0. The summed E-state index contributed by atoms with van der Waals surface area (Å²) < 4.78 is 0. The van der Waals surface area contributed by atoms with Crippen molar-refractivity contribution in [3.63, 3.8) is 0 Å². The lowest BCUT2D eigenvalue weighted by atomic mass is 9.81. The number of nitrogens with zero attached hydrogens (tertiary/aromatic N) is 2. The summed E-state index contributed by atoms with van der Waals surface area (Å²) in [5, 5.41) is 10.4. The Morgan fingerprint density at radius 1 is 0.477 bits per heavy atom. The van der Waals surface area contributed by atoms with Gasteiger partial charge in [-0.15, -0.1) is 0 Å². The molecule has 2 nitrogen and oxygen atoms in total. The van der Waals surface area contributed by atoms with E-state index in [1.54, 1.807) is 0 Å². The summed E-state index contributed by atoms with van der Waals surface area (Å²) in [6.07, 6.45) is 11.5. The fourth-order valence-electron chi connectivity index (χ4n) is 11.4. The Hall–Kier alpha value is -6.98. The third-order valence-corrected chi connectivity index (χ3v) is 16.8. The summed E-state index contributed by atoms with van der Waals surface area (Å²) in [5.74, 6) is 0. The van der Waals surface area contributed by atoms with E-state index in [1.807, 2.05) is 23.5 Å². The fraction of sp³-hybridized carbons (Fsp3) is 0.0820. The summed E-state index contributed by atoms with van der Waals surface area (Å²) >= 11 is 3.80. The molecule has 10 aromatic carbocycles. The van der Waals surface area contributed by atoms with Crippen LogP contribution in [0.2, 0.25) is 0 Å². The number of hydrogen-bond donors (Lipinski definition) is 0. The van der Waals surface area contributed by atoms with Gasteiger partial charge in [0, 0.05) is 36.1 Å². The van der Waals surface area contributed by atoms with E-state index in [9.17, 15) is 0 Å². The lowest BCUT2D eigenvalue weighted by molar-refractivity contribution is 0.660. The highest BCUT2D eigenvalue weighted by Crippen LogP contribution is 2.56. The summed E-state index contributed by atoms with van der Waals surface area (Å²) in [4.78, 5) is 10.3. The summed E-state index contributed by atoms with van der Waals surface area (Å²) in [5.41, 5.74) is 15.2. The van der Waals surface area contributed by atoms with Crippen molar-refractivity contribution < 1.29 is 0 Å². The average Bonchev–Trinajstić information content (AvgIpc) is 3.57. The molecule has 0 aromatic heterocycles. The Bertz CT molecular complexity index is 3710. The minimum absolute atomic E-state index is 0.150. The molecule has 65 heavy (non-hydrogen) atoms. The van der Waals surface area contributed by atoms with E-state index >= 15 is 0 Å². The van der Waals surface area contributed by atoms with Gasteiger partial charge in [0.25, 0.3) is 0 Å². The van der Waals surface area contributed by atoms with Gasteiger partial charge in [0.2, 0.25) is 0 Å². The van der Waals surface area contributed by atoms with Crippen LogP contribution in [-0.2, 0) is 5.41 Å². The molecular weight excluding hydrogens is 825 g/mol. The van der Waals surface area contributed by atoms with Crippen LogP contribution in [0, 0.1) is 0 Å². The van der Waals surface area contributed by atoms with Crippen LogP contribution in [0.5, 0.6) is 0 Å². The Balaban J connectivity index is 0.841. The minimum atomic E-state index is -0.150. The zero-order valence-corrected chi connectivity index (χ0v) is 37.7. The van der Waals surface area contributed by atoms with Gasteiger partial charge in [-0.25, -0.2) is 0 Å².